The van der Waals surface area contributed by atoms with Crippen molar-refractivity contribution in [1.82, 2.24) is 5.32 Å². The first-order chi connectivity index (χ1) is 8.46. The molecule has 1 aromatic rings. The van der Waals surface area contributed by atoms with Crippen LogP contribution >= 0.6 is 12.2 Å². The predicted octanol–water partition coefficient (Wildman–Crippen LogP) is 3.34. The van der Waals surface area contributed by atoms with Crippen LogP contribution in [-0.4, -0.2) is 17.6 Å². The fourth-order valence-electron chi connectivity index (χ4n) is 1.95. The van der Waals surface area contributed by atoms with Crippen LogP contribution in [0.2, 0.25) is 0 Å². The molecule has 0 fully saturated rings. The SMILES string of the molecule is [C-]#[N+]c1ccc2c(c1)C(C(=S)NC)=CC(C)(C)O2. The third-order valence-corrected chi connectivity index (χ3v) is 3.14. The summed E-state index contributed by atoms with van der Waals surface area (Å²) in [4.78, 5) is 4.10. The summed E-state index contributed by atoms with van der Waals surface area (Å²) in [7, 11) is 1.80. The number of fused-ring (bicyclic) bond motifs is 1. The molecule has 1 aromatic carbocycles. The van der Waals surface area contributed by atoms with Gasteiger partial charge in [-0.25, -0.2) is 4.85 Å². The number of hydrogen-bond acceptors (Lipinski definition) is 2. The van der Waals surface area contributed by atoms with Gasteiger partial charge in [0.05, 0.1) is 6.57 Å². The Kier molecular flexibility index (Phi) is 3.10. The Labute approximate surface area is 112 Å². The Morgan fingerprint density at radius 3 is 2.78 bits per heavy atom. The van der Waals surface area contributed by atoms with E-state index in [9.17, 15) is 0 Å². The molecule has 1 heterocycles. The van der Waals surface area contributed by atoms with Crippen molar-refractivity contribution < 1.29 is 4.74 Å². The van der Waals surface area contributed by atoms with Crippen molar-refractivity contribution in [3.8, 4) is 5.75 Å². The maximum atomic E-state index is 7.07. The molecule has 0 saturated heterocycles. The lowest BCUT2D eigenvalue weighted by Crippen LogP contribution is -2.32. The maximum absolute atomic E-state index is 7.07. The second kappa shape index (κ2) is 4.43. The van der Waals surface area contributed by atoms with Gasteiger partial charge < -0.3 is 10.1 Å². The van der Waals surface area contributed by atoms with E-state index in [2.05, 4.69) is 10.2 Å². The Hall–Kier alpha value is -1.86. The van der Waals surface area contributed by atoms with Crippen LogP contribution in [0.3, 0.4) is 0 Å². The van der Waals surface area contributed by atoms with Gasteiger partial charge in [0.1, 0.15) is 16.3 Å². The Morgan fingerprint density at radius 2 is 2.17 bits per heavy atom. The second-order valence-corrected chi connectivity index (χ2v) is 5.04. The second-order valence-electron chi connectivity index (χ2n) is 4.63. The number of hydrogen-bond donors (Lipinski definition) is 1. The van der Waals surface area contributed by atoms with Crippen LogP contribution in [0.5, 0.6) is 5.75 Å². The van der Waals surface area contributed by atoms with Gasteiger partial charge in [-0.1, -0.05) is 18.3 Å². The molecule has 4 heteroatoms. The molecule has 0 radical (unpaired) electrons. The first-order valence-electron chi connectivity index (χ1n) is 5.62. The van der Waals surface area contributed by atoms with Gasteiger partial charge in [-0.3, -0.25) is 0 Å². The lowest BCUT2D eigenvalue weighted by atomic mass is 9.94. The minimum atomic E-state index is -0.400. The molecule has 0 aromatic heterocycles. The monoisotopic (exact) mass is 258 g/mol. The predicted molar refractivity (Wildman–Crippen MR) is 77.0 cm³/mol. The first-order valence-corrected chi connectivity index (χ1v) is 6.03. The average molecular weight is 258 g/mol. The van der Waals surface area contributed by atoms with Gasteiger partial charge in [0, 0.05) is 18.2 Å². The van der Waals surface area contributed by atoms with Crippen LogP contribution in [0.15, 0.2) is 24.3 Å². The summed E-state index contributed by atoms with van der Waals surface area (Å²) in [5, 5.41) is 2.98. The molecule has 0 atom stereocenters. The summed E-state index contributed by atoms with van der Waals surface area (Å²) in [6.45, 7) is 11.0. The Morgan fingerprint density at radius 1 is 1.44 bits per heavy atom. The molecule has 92 valence electrons. The zero-order valence-corrected chi connectivity index (χ0v) is 11.4. The van der Waals surface area contributed by atoms with Crippen molar-refractivity contribution in [3.63, 3.8) is 0 Å². The van der Waals surface area contributed by atoms with Crippen molar-refractivity contribution in [3.05, 3.63) is 41.3 Å². The number of rotatable bonds is 1. The lowest BCUT2D eigenvalue weighted by molar-refractivity contribution is 0.158. The van der Waals surface area contributed by atoms with Gasteiger partial charge in [-0.2, -0.15) is 0 Å². The van der Waals surface area contributed by atoms with Crippen molar-refractivity contribution in [1.29, 1.82) is 0 Å². The summed E-state index contributed by atoms with van der Waals surface area (Å²) in [6, 6.07) is 5.40. The molecule has 0 amide bonds. The summed E-state index contributed by atoms with van der Waals surface area (Å²) < 4.78 is 5.88. The van der Waals surface area contributed by atoms with Crippen molar-refractivity contribution in [2.24, 2.45) is 0 Å². The van der Waals surface area contributed by atoms with Gasteiger partial charge in [0.2, 0.25) is 0 Å². The molecule has 1 N–H and O–H groups in total. The van der Waals surface area contributed by atoms with Crippen LogP contribution in [-0.2, 0) is 0 Å². The summed E-state index contributed by atoms with van der Waals surface area (Å²) in [5.74, 6) is 0.766. The largest absolute Gasteiger partial charge is 0.483 e. The zero-order valence-electron chi connectivity index (χ0n) is 10.6. The number of thiocarbonyl (C=S) groups is 1. The van der Waals surface area contributed by atoms with Crippen LogP contribution in [0.25, 0.3) is 10.4 Å². The fourth-order valence-corrected chi connectivity index (χ4v) is 2.12. The quantitative estimate of drug-likeness (QED) is 0.618. The van der Waals surface area contributed by atoms with Crippen LogP contribution in [0.1, 0.15) is 19.4 Å². The van der Waals surface area contributed by atoms with Crippen molar-refractivity contribution >= 4 is 28.5 Å². The minimum absolute atomic E-state index is 0.400. The standard InChI is InChI=1S/C14H14N2OS/c1-14(2)8-11(13(18)16-4)10-7-9(15-3)5-6-12(10)17-14/h5-8H,1-2,4H3,(H,16,18). The molecule has 0 aliphatic carbocycles. The highest BCUT2D eigenvalue weighted by atomic mass is 32.1. The van der Waals surface area contributed by atoms with E-state index in [1.54, 1.807) is 13.1 Å². The molecule has 0 saturated carbocycles. The molecule has 1 aliphatic rings. The highest BCUT2D eigenvalue weighted by Crippen LogP contribution is 2.38. The number of nitrogens with one attached hydrogen (secondary N) is 1. The highest BCUT2D eigenvalue weighted by Gasteiger charge is 2.27. The number of benzene rings is 1. The molecule has 0 spiro atoms. The topological polar surface area (TPSA) is 25.6 Å². The van der Waals surface area contributed by atoms with Gasteiger partial charge in [0.15, 0.2) is 5.69 Å². The molecular formula is C14H14N2OS. The zero-order chi connectivity index (χ0) is 13.3. The van der Waals surface area contributed by atoms with E-state index in [0.717, 1.165) is 16.9 Å². The molecule has 0 unspecified atom stereocenters. The smallest absolute Gasteiger partial charge is 0.188 e. The fraction of sp³-hybridized carbons (Fsp3) is 0.286. The third kappa shape index (κ3) is 2.22. The molecule has 0 bridgehead atoms. The number of likely N-dealkylation sites (N-methyl/N-ethyl adjacent to an activating group) is 1. The van der Waals surface area contributed by atoms with E-state index < -0.39 is 5.60 Å². The van der Waals surface area contributed by atoms with E-state index in [1.807, 2.05) is 32.1 Å². The van der Waals surface area contributed by atoms with Crippen molar-refractivity contribution in [2.45, 2.75) is 19.4 Å². The third-order valence-electron chi connectivity index (χ3n) is 2.72. The molecule has 3 nitrogen and oxygen atoms in total. The highest BCUT2D eigenvalue weighted by molar-refractivity contribution is 7.81. The van der Waals surface area contributed by atoms with E-state index in [4.69, 9.17) is 23.5 Å². The van der Waals surface area contributed by atoms with Gasteiger partial charge in [0.25, 0.3) is 0 Å². The van der Waals surface area contributed by atoms with E-state index >= 15 is 0 Å². The molecule has 1 aliphatic heterocycles. The minimum Gasteiger partial charge on any atom is -0.483 e. The number of ether oxygens (including phenoxy) is 1. The van der Waals surface area contributed by atoms with Gasteiger partial charge in [-0.05, 0) is 32.1 Å². The van der Waals surface area contributed by atoms with Gasteiger partial charge >= 0.3 is 0 Å². The van der Waals surface area contributed by atoms with E-state index in [1.165, 1.54) is 0 Å². The normalized spacial score (nSPS) is 15.8. The van der Waals surface area contributed by atoms with Gasteiger partial charge in [-0.15, -0.1) is 0 Å². The lowest BCUT2D eigenvalue weighted by Gasteiger charge is -2.31. The Balaban J connectivity index is 2.61. The molecular weight excluding hydrogens is 244 g/mol. The van der Waals surface area contributed by atoms with Crippen LogP contribution in [0.4, 0.5) is 5.69 Å². The van der Waals surface area contributed by atoms with Crippen molar-refractivity contribution in [2.75, 3.05) is 7.05 Å². The average Bonchev–Trinajstić information content (AvgIpc) is 2.35. The van der Waals surface area contributed by atoms with E-state index in [-0.39, 0.29) is 0 Å². The first kappa shape index (κ1) is 12.6. The summed E-state index contributed by atoms with van der Waals surface area (Å²) in [5.41, 5.74) is 1.98. The van der Waals surface area contributed by atoms with Crippen LogP contribution in [0, 0.1) is 6.57 Å². The molecule has 2 rings (SSSR count). The van der Waals surface area contributed by atoms with E-state index in [0.29, 0.717) is 10.7 Å². The maximum Gasteiger partial charge on any atom is 0.188 e. The number of nitrogens with zero attached hydrogens (tertiary/aromatic N) is 1. The summed E-state index contributed by atoms with van der Waals surface area (Å²) >= 11 is 5.32. The summed E-state index contributed by atoms with van der Waals surface area (Å²) in [6.07, 6.45) is 1.99. The van der Waals surface area contributed by atoms with Crippen LogP contribution < -0.4 is 10.1 Å². The Bertz CT molecular complexity index is 582. The molecule has 18 heavy (non-hydrogen) atoms.